The summed E-state index contributed by atoms with van der Waals surface area (Å²) in [6.45, 7) is 6.05. The predicted molar refractivity (Wildman–Crippen MR) is 53.2 cm³/mol. The lowest BCUT2D eigenvalue weighted by Crippen LogP contribution is -2.44. The molecule has 0 radical (unpaired) electrons. The van der Waals surface area contributed by atoms with Crippen LogP contribution in [0.15, 0.2) is 0 Å². The van der Waals surface area contributed by atoms with E-state index in [1.165, 1.54) is 4.90 Å². The molecule has 0 spiro atoms. The molecule has 86 valence electrons. The second kappa shape index (κ2) is 5.70. The molecule has 1 rings (SSSR count). The molecule has 0 aromatic rings. The molecule has 0 bridgehead atoms. The molecule has 15 heavy (non-hydrogen) atoms. The molecule has 1 saturated heterocycles. The van der Waals surface area contributed by atoms with Crippen molar-refractivity contribution in [3.63, 3.8) is 0 Å². The molecular weight excluding hydrogens is 198 g/mol. The van der Waals surface area contributed by atoms with Gasteiger partial charge in [-0.05, 0) is 5.92 Å². The number of ether oxygens (including phenoxy) is 2. The van der Waals surface area contributed by atoms with Crippen molar-refractivity contribution in [1.82, 2.24) is 4.90 Å². The van der Waals surface area contributed by atoms with E-state index in [-0.39, 0.29) is 12.5 Å². The molecular formula is C10H17NO4. The minimum Gasteiger partial charge on any atom is -0.458 e. The molecule has 0 N–H and O–H groups in total. The fourth-order valence-corrected chi connectivity index (χ4v) is 1.20. The molecule has 0 unspecified atom stereocenters. The summed E-state index contributed by atoms with van der Waals surface area (Å²) in [5.41, 5.74) is 0. The number of carbonyl (C=O) groups excluding carboxylic acids is 2. The fraction of sp³-hybridized carbons (Fsp3) is 0.800. The lowest BCUT2D eigenvalue weighted by molar-refractivity contribution is -0.162. The van der Waals surface area contributed by atoms with Crippen LogP contribution in [0.4, 0.5) is 0 Å². The van der Waals surface area contributed by atoms with E-state index in [0.717, 1.165) is 0 Å². The Hall–Kier alpha value is -1.10. The van der Waals surface area contributed by atoms with Crippen LogP contribution in [0.5, 0.6) is 0 Å². The van der Waals surface area contributed by atoms with Gasteiger partial charge < -0.3 is 14.4 Å². The Morgan fingerprint density at radius 3 is 2.47 bits per heavy atom. The van der Waals surface area contributed by atoms with Crippen LogP contribution in [0.2, 0.25) is 0 Å². The summed E-state index contributed by atoms with van der Waals surface area (Å²) in [7, 11) is 0. The van der Waals surface area contributed by atoms with E-state index in [0.29, 0.717) is 26.3 Å². The van der Waals surface area contributed by atoms with Crippen molar-refractivity contribution in [2.75, 3.05) is 32.9 Å². The minimum atomic E-state index is -0.759. The van der Waals surface area contributed by atoms with E-state index >= 15 is 0 Å². The molecule has 1 heterocycles. The summed E-state index contributed by atoms with van der Waals surface area (Å²) in [4.78, 5) is 24.3. The lowest BCUT2D eigenvalue weighted by atomic mass is 10.2. The van der Waals surface area contributed by atoms with Crippen molar-refractivity contribution in [2.45, 2.75) is 13.8 Å². The largest absolute Gasteiger partial charge is 0.458 e. The summed E-state index contributed by atoms with van der Waals surface area (Å²) < 4.78 is 9.93. The first-order chi connectivity index (χ1) is 7.11. The molecule has 0 aromatic carbocycles. The summed E-state index contributed by atoms with van der Waals surface area (Å²) in [5, 5.41) is 0. The van der Waals surface area contributed by atoms with E-state index in [2.05, 4.69) is 0 Å². The van der Waals surface area contributed by atoms with Crippen LogP contribution in [0.1, 0.15) is 13.8 Å². The van der Waals surface area contributed by atoms with E-state index in [9.17, 15) is 9.59 Å². The van der Waals surface area contributed by atoms with E-state index in [4.69, 9.17) is 9.47 Å². The number of morpholine rings is 1. The number of carbonyl (C=O) groups is 2. The van der Waals surface area contributed by atoms with Crippen LogP contribution in [0, 0.1) is 5.92 Å². The van der Waals surface area contributed by atoms with E-state index in [1.807, 2.05) is 13.8 Å². The first-order valence-corrected chi connectivity index (χ1v) is 5.15. The van der Waals surface area contributed by atoms with Gasteiger partial charge in [0, 0.05) is 13.1 Å². The van der Waals surface area contributed by atoms with Gasteiger partial charge in [0.1, 0.15) is 0 Å². The molecule has 0 aromatic heterocycles. The molecule has 1 aliphatic heterocycles. The van der Waals surface area contributed by atoms with Crippen LogP contribution < -0.4 is 0 Å². The molecule has 0 aliphatic carbocycles. The van der Waals surface area contributed by atoms with Gasteiger partial charge in [-0.2, -0.15) is 0 Å². The molecule has 1 fully saturated rings. The average Bonchev–Trinajstić information content (AvgIpc) is 2.26. The highest BCUT2D eigenvalue weighted by atomic mass is 16.5. The highest BCUT2D eigenvalue weighted by Gasteiger charge is 2.24. The number of rotatable bonds is 2. The van der Waals surface area contributed by atoms with Crippen molar-refractivity contribution in [1.29, 1.82) is 0 Å². The van der Waals surface area contributed by atoms with Gasteiger partial charge in [-0.3, -0.25) is 4.79 Å². The monoisotopic (exact) mass is 215 g/mol. The third-order valence-electron chi connectivity index (χ3n) is 2.02. The van der Waals surface area contributed by atoms with Crippen molar-refractivity contribution >= 4 is 11.9 Å². The predicted octanol–water partition coefficient (Wildman–Crippen LogP) is 0.0444. The Morgan fingerprint density at radius 1 is 1.33 bits per heavy atom. The second-order valence-electron chi connectivity index (χ2n) is 3.90. The van der Waals surface area contributed by atoms with Gasteiger partial charge in [-0.1, -0.05) is 13.8 Å². The molecule has 1 amide bonds. The molecule has 5 nitrogen and oxygen atoms in total. The van der Waals surface area contributed by atoms with Crippen LogP contribution in [0.3, 0.4) is 0 Å². The fourth-order valence-electron chi connectivity index (χ4n) is 1.20. The first kappa shape index (κ1) is 12.0. The summed E-state index contributed by atoms with van der Waals surface area (Å²) >= 11 is 0. The smallest absolute Gasteiger partial charge is 0.397 e. The standard InChI is InChI=1S/C10H17NO4/c1-8(2)7-15-10(13)9(12)11-3-5-14-6-4-11/h8H,3-7H2,1-2H3. The molecule has 1 aliphatic rings. The average molecular weight is 215 g/mol. The maximum atomic E-state index is 11.5. The lowest BCUT2D eigenvalue weighted by Gasteiger charge is -2.25. The summed E-state index contributed by atoms with van der Waals surface area (Å²) in [5.74, 6) is -1.07. The zero-order valence-electron chi connectivity index (χ0n) is 9.19. The van der Waals surface area contributed by atoms with Crippen LogP contribution in [0.25, 0.3) is 0 Å². The molecule has 5 heteroatoms. The van der Waals surface area contributed by atoms with Gasteiger partial charge in [0.05, 0.1) is 19.8 Å². The SMILES string of the molecule is CC(C)COC(=O)C(=O)N1CCOCC1. The highest BCUT2D eigenvalue weighted by molar-refractivity contribution is 6.32. The van der Waals surface area contributed by atoms with Crippen molar-refractivity contribution in [3.8, 4) is 0 Å². The maximum absolute atomic E-state index is 11.5. The first-order valence-electron chi connectivity index (χ1n) is 5.15. The third kappa shape index (κ3) is 3.87. The Balaban J connectivity index is 2.34. The van der Waals surface area contributed by atoms with Crippen molar-refractivity contribution < 1.29 is 19.1 Å². The minimum absolute atomic E-state index is 0.242. The van der Waals surface area contributed by atoms with Gasteiger partial charge in [0.25, 0.3) is 0 Å². The normalized spacial score (nSPS) is 16.6. The van der Waals surface area contributed by atoms with Gasteiger partial charge in [0.2, 0.25) is 0 Å². The number of hydrogen-bond donors (Lipinski definition) is 0. The van der Waals surface area contributed by atoms with Crippen LogP contribution >= 0.6 is 0 Å². The topological polar surface area (TPSA) is 55.8 Å². The van der Waals surface area contributed by atoms with Crippen LogP contribution in [-0.4, -0.2) is 49.7 Å². The maximum Gasteiger partial charge on any atom is 0.397 e. The van der Waals surface area contributed by atoms with Crippen molar-refractivity contribution in [2.24, 2.45) is 5.92 Å². The van der Waals surface area contributed by atoms with Gasteiger partial charge in [0.15, 0.2) is 0 Å². The molecule has 0 saturated carbocycles. The van der Waals surface area contributed by atoms with Gasteiger partial charge in [-0.15, -0.1) is 0 Å². The zero-order valence-corrected chi connectivity index (χ0v) is 9.19. The van der Waals surface area contributed by atoms with Crippen LogP contribution in [-0.2, 0) is 19.1 Å². The number of nitrogens with zero attached hydrogens (tertiary/aromatic N) is 1. The van der Waals surface area contributed by atoms with Gasteiger partial charge in [-0.25, -0.2) is 4.79 Å². The highest BCUT2D eigenvalue weighted by Crippen LogP contribution is 2.00. The Kier molecular flexibility index (Phi) is 4.55. The van der Waals surface area contributed by atoms with Crippen molar-refractivity contribution in [3.05, 3.63) is 0 Å². The summed E-state index contributed by atoms with van der Waals surface area (Å²) in [6.07, 6.45) is 0. The zero-order chi connectivity index (χ0) is 11.3. The second-order valence-corrected chi connectivity index (χ2v) is 3.90. The quantitative estimate of drug-likeness (QED) is 0.482. The van der Waals surface area contributed by atoms with Gasteiger partial charge >= 0.3 is 11.9 Å². The third-order valence-corrected chi connectivity index (χ3v) is 2.02. The molecule has 0 atom stereocenters. The summed E-state index contributed by atoms with van der Waals surface area (Å²) in [6, 6.07) is 0. The Morgan fingerprint density at radius 2 is 1.93 bits per heavy atom. The number of amides is 1. The number of esters is 1. The number of hydrogen-bond acceptors (Lipinski definition) is 4. The van der Waals surface area contributed by atoms with E-state index < -0.39 is 11.9 Å². The Bertz CT molecular complexity index is 234. The van der Waals surface area contributed by atoms with E-state index in [1.54, 1.807) is 0 Å². The Labute approximate surface area is 89.3 Å².